The van der Waals surface area contributed by atoms with Crippen LogP contribution in [0.4, 0.5) is 4.39 Å². The summed E-state index contributed by atoms with van der Waals surface area (Å²) in [7, 11) is 1.86. The first kappa shape index (κ1) is 18.9. The molecule has 4 aromatic heterocycles. The van der Waals surface area contributed by atoms with Crippen molar-refractivity contribution in [2.45, 2.75) is 19.6 Å². The highest BCUT2D eigenvalue weighted by molar-refractivity contribution is 5.76. The molecule has 0 saturated heterocycles. The lowest BCUT2D eigenvalue weighted by Gasteiger charge is -2.15. The fourth-order valence-corrected chi connectivity index (χ4v) is 3.30. The Labute approximate surface area is 175 Å². The molecule has 0 spiro atoms. The topological polar surface area (TPSA) is 101 Å². The van der Waals surface area contributed by atoms with Gasteiger partial charge in [0, 0.05) is 25.0 Å². The second-order valence-electron chi connectivity index (χ2n) is 7.12. The van der Waals surface area contributed by atoms with Crippen LogP contribution in [-0.2, 0) is 13.6 Å². The molecule has 0 bridgehead atoms. The highest BCUT2D eigenvalue weighted by Crippen LogP contribution is 2.28. The van der Waals surface area contributed by atoms with Gasteiger partial charge in [-0.1, -0.05) is 0 Å². The number of halogens is 1. The first-order chi connectivity index (χ1) is 15.1. The third-order valence-corrected chi connectivity index (χ3v) is 4.75. The molecule has 5 rings (SSSR count). The summed E-state index contributed by atoms with van der Waals surface area (Å²) in [6, 6.07) is 8.41. The summed E-state index contributed by atoms with van der Waals surface area (Å²) in [4.78, 5) is 4.74. The van der Waals surface area contributed by atoms with Crippen molar-refractivity contribution in [2.24, 2.45) is 7.05 Å². The van der Waals surface area contributed by atoms with Crippen molar-refractivity contribution in [3.05, 3.63) is 61.1 Å². The quantitative estimate of drug-likeness (QED) is 0.416. The molecule has 4 heterocycles. The minimum absolute atomic E-state index is 0.137. The number of nitrogens with zero attached hydrogens (tertiary/aromatic N) is 9. The van der Waals surface area contributed by atoms with Crippen molar-refractivity contribution in [3.8, 4) is 28.3 Å². The molecule has 31 heavy (non-hydrogen) atoms. The zero-order valence-electron chi connectivity index (χ0n) is 16.8. The van der Waals surface area contributed by atoms with E-state index in [0.717, 1.165) is 16.8 Å². The zero-order valence-corrected chi connectivity index (χ0v) is 16.8. The SMILES string of the molecule is C[C@@H](Cn1cnnn1)Oc1cc(-c2ccn3ncc(-c4ccn(C)n4)c3n2)ccc1F. The van der Waals surface area contributed by atoms with E-state index in [2.05, 4.69) is 25.7 Å². The van der Waals surface area contributed by atoms with Crippen molar-refractivity contribution in [1.82, 2.24) is 44.6 Å². The zero-order chi connectivity index (χ0) is 21.4. The van der Waals surface area contributed by atoms with Crippen LogP contribution in [0.5, 0.6) is 5.75 Å². The molecule has 0 aliphatic heterocycles. The average molecular weight is 419 g/mol. The Hall–Kier alpha value is -4.15. The summed E-state index contributed by atoms with van der Waals surface area (Å²) in [5, 5.41) is 19.8. The number of hydrogen-bond donors (Lipinski definition) is 0. The van der Waals surface area contributed by atoms with Gasteiger partial charge in [-0.25, -0.2) is 18.6 Å². The van der Waals surface area contributed by atoms with Gasteiger partial charge in [-0.05, 0) is 47.7 Å². The van der Waals surface area contributed by atoms with Crippen molar-refractivity contribution < 1.29 is 9.13 Å². The molecule has 0 unspecified atom stereocenters. The molecule has 5 aromatic rings. The molecule has 0 saturated carbocycles. The molecular formula is C20H18FN9O. The van der Waals surface area contributed by atoms with E-state index < -0.39 is 5.82 Å². The Morgan fingerprint density at radius 3 is 2.77 bits per heavy atom. The number of fused-ring (bicyclic) bond motifs is 1. The summed E-state index contributed by atoms with van der Waals surface area (Å²) in [6.07, 6.45) is 6.55. The van der Waals surface area contributed by atoms with Gasteiger partial charge < -0.3 is 4.74 Å². The third kappa shape index (κ3) is 3.72. The van der Waals surface area contributed by atoms with Crippen LogP contribution in [0.25, 0.3) is 28.2 Å². The van der Waals surface area contributed by atoms with E-state index in [1.165, 1.54) is 17.1 Å². The van der Waals surface area contributed by atoms with E-state index in [-0.39, 0.29) is 11.9 Å². The second kappa shape index (κ2) is 7.59. The van der Waals surface area contributed by atoms with Gasteiger partial charge in [0.05, 0.1) is 29.7 Å². The molecule has 10 nitrogen and oxygen atoms in total. The highest BCUT2D eigenvalue weighted by atomic mass is 19.1. The van der Waals surface area contributed by atoms with Crippen molar-refractivity contribution >= 4 is 5.65 Å². The Morgan fingerprint density at radius 1 is 1.13 bits per heavy atom. The van der Waals surface area contributed by atoms with Crippen LogP contribution in [-0.4, -0.2) is 50.7 Å². The number of hydrogen-bond acceptors (Lipinski definition) is 7. The lowest BCUT2D eigenvalue weighted by atomic mass is 10.1. The molecule has 11 heteroatoms. The van der Waals surface area contributed by atoms with Crippen LogP contribution in [0.2, 0.25) is 0 Å². The van der Waals surface area contributed by atoms with Gasteiger partial charge in [0.15, 0.2) is 17.2 Å². The van der Waals surface area contributed by atoms with E-state index in [1.807, 2.05) is 38.5 Å². The number of tetrazole rings is 1. The lowest BCUT2D eigenvalue weighted by molar-refractivity contribution is 0.185. The van der Waals surface area contributed by atoms with Gasteiger partial charge >= 0.3 is 0 Å². The van der Waals surface area contributed by atoms with Crippen LogP contribution in [0.3, 0.4) is 0 Å². The third-order valence-electron chi connectivity index (χ3n) is 4.75. The van der Waals surface area contributed by atoms with Gasteiger partial charge in [0.25, 0.3) is 0 Å². The monoisotopic (exact) mass is 419 g/mol. The molecule has 156 valence electrons. The predicted octanol–water partition coefficient (Wildman–Crippen LogP) is 2.39. The summed E-state index contributed by atoms with van der Waals surface area (Å²) in [5.74, 6) is -0.315. The summed E-state index contributed by atoms with van der Waals surface area (Å²) >= 11 is 0. The smallest absolute Gasteiger partial charge is 0.165 e. The van der Waals surface area contributed by atoms with Crippen LogP contribution in [0.1, 0.15) is 6.92 Å². The number of ether oxygens (including phenoxy) is 1. The van der Waals surface area contributed by atoms with Crippen LogP contribution < -0.4 is 4.74 Å². The molecule has 0 radical (unpaired) electrons. The van der Waals surface area contributed by atoms with Gasteiger partial charge in [-0.3, -0.25) is 4.68 Å². The molecule has 0 N–H and O–H groups in total. The van der Waals surface area contributed by atoms with Gasteiger partial charge in [0.2, 0.25) is 0 Å². The van der Waals surface area contributed by atoms with Crippen LogP contribution in [0, 0.1) is 5.82 Å². The highest BCUT2D eigenvalue weighted by Gasteiger charge is 2.15. The van der Waals surface area contributed by atoms with Gasteiger partial charge in [0.1, 0.15) is 12.4 Å². The Morgan fingerprint density at radius 2 is 2.00 bits per heavy atom. The minimum Gasteiger partial charge on any atom is -0.486 e. The van der Waals surface area contributed by atoms with Crippen LogP contribution in [0.15, 0.2) is 55.2 Å². The normalized spacial score (nSPS) is 12.4. The van der Waals surface area contributed by atoms with Crippen molar-refractivity contribution in [3.63, 3.8) is 0 Å². The van der Waals surface area contributed by atoms with E-state index >= 15 is 0 Å². The lowest BCUT2D eigenvalue weighted by Crippen LogP contribution is -2.20. The Bertz CT molecular complexity index is 1340. The number of rotatable bonds is 6. The molecule has 0 amide bonds. The van der Waals surface area contributed by atoms with Crippen molar-refractivity contribution in [2.75, 3.05) is 0 Å². The Kier molecular flexibility index (Phi) is 4.62. The van der Waals surface area contributed by atoms with E-state index in [0.29, 0.717) is 17.9 Å². The largest absolute Gasteiger partial charge is 0.486 e. The van der Waals surface area contributed by atoms with E-state index in [4.69, 9.17) is 9.72 Å². The summed E-state index contributed by atoms with van der Waals surface area (Å²) in [6.45, 7) is 2.22. The molecule has 0 fully saturated rings. The van der Waals surface area contributed by atoms with Gasteiger partial charge in [-0.2, -0.15) is 10.2 Å². The minimum atomic E-state index is -0.452. The van der Waals surface area contributed by atoms with Gasteiger partial charge in [-0.15, -0.1) is 5.10 Å². The van der Waals surface area contributed by atoms with E-state index in [1.54, 1.807) is 27.5 Å². The summed E-state index contributed by atoms with van der Waals surface area (Å²) < 4.78 is 25.1. The first-order valence-corrected chi connectivity index (χ1v) is 9.58. The number of benzene rings is 1. The first-order valence-electron chi connectivity index (χ1n) is 9.58. The summed E-state index contributed by atoms with van der Waals surface area (Å²) in [5.41, 5.74) is 3.65. The molecule has 0 aliphatic carbocycles. The molecule has 0 aliphatic rings. The fourth-order valence-electron chi connectivity index (χ4n) is 3.30. The second-order valence-corrected chi connectivity index (χ2v) is 7.12. The van der Waals surface area contributed by atoms with E-state index in [9.17, 15) is 4.39 Å². The molecular weight excluding hydrogens is 401 g/mol. The maximum absolute atomic E-state index is 14.4. The maximum atomic E-state index is 14.4. The Balaban J connectivity index is 1.46. The predicted molar refractivity (Wildman–Crippen MR) is 108 cm³/mol. The van der Waals surface area contributed by atoms with Crippen molar-refractivity contribution in [1.29, 1.82) is 0 Å². The van der Waals surface area contributed by atoms with Crippen LogP contribution >= 0.6 is 0 Å². The number of aromatic nitrogens is 9. The standard InChI is InChI=1S/C20H18FN9O/c1-13(11-29-12-22-26-27-29)31-19-9-14(3-4-16(19)21)17-6-8-30-20(24-17)15(10-23-30)18-5-7-28(2)25-18/h3-10,12-13H,11H2,1-2H3/t13-/m0/s1. The average Bonchev–Trinajstić information content (AvgIpc) is 3.50. The molecule has 1 aromatic carbocycles. The maximum Gasteiger partial charge on any atom is 0.165 e. The molecule has 1 atom stereocenters. The number of aryl methyl sites for hydroxylation is 1. The fraction of sp³-hybridized carbons (Fsp3) is 0.200.